The van der Waals surface area contributed by atoms with Crippen molar-refractivity contribution in [3.8, 4) is 5.75 Å². The number of hydrogen-bond donors (Lipinski definition) is 1. The molecular formula is C18H28N2O. The third kappa shape index (κ3) is 3.24. The first-order chi connectivity index (χ1) is 10.2. The van der Waals surface area contributed by atoms with Gasteiger partial charge in [0.05, 0.1) is 0 Å². The second-order valence-corrected chi connectivity index (χ2v) is 6.74. The van der Waals surface area contributed by atoms with Crippen LogP contribution in [0.5, 0.6) is 5.75 Å². The van der Waals surface area contributed by atoms with Crippen LogP contribution >= 0.6 is 0 Å². The van der Waals surface area contributed by atoms with Gasteiger partial charge in [0.1, 0.15) is 11.9 Å². The molecule has 2 N–H and O–H groups in total. The molecule has 1 saturated heterocycles. The van der Waals surface area contributed by atoms with Crippen LogP contribution in [-0.2, 0) is 6.42 Å². The predicted molar refractivity (Wildman–Crippen MR) is 86.7 cm³/mol. The van der Waals surface area contributed by atoms with Crippen molar-refractivity contribution >= 4 is 0 Å². The van der Waals surface area contributed by atoms with E-state index in [-0.39, 0.29) is 0 Å². The highest BCUT2D eigenvalue weighted by atomic mass is 16.5. The fourth-order valence-corrected chi connectivity index (χ4v) is 3.85. The average Bonchev–Trinajstić information content (AvgIpc) is 2.89. The van der Waals surface area contributed by atoms with Gasteiger partial charge in [-0.25, -0.2) is 0 Å². The topological polar surface area (TPSA) is 38.5 Å². The summed E-state index contributed by atoms with van der Waals surface area (Å²) in [6.45, 7) is 7.41. The lowest BCUT2D eigenvalue weighted by atomic mass is 9.88. The maximum Gasteiger partial charge on any atom is 0.123 e. The van der Waals surface area contributed by atoms with Crippen molar-refractivity contribution in [1.82, 2.24) is 4.90 Å². The van der Waals surface area contributed by atoms with E-state index in [0.29, 0.717) is 12.1 Å². The Kier molecular flexibility index (Phi) is 4.51. The minimum absolute atomic E-state index is 0.300. The summed E-state index contributed by atoms with van der Waals surface area (Å²) in [5.74, 6) is 1.94. The lowest BCUT2D eigenvalue weighted by Gasteiger charge is -2.39. The summed E-state index contributed by atoms with van der Waals surface area (Å²) >= 11 is 0. The van der Waals surface area contributed by atoms with Crippen molar-refractivity contribution in [3.05, 3.63) is 29.3 Å². The van der Waals surface area contributed by atoms with Gasteiger partial charge < -0.3 is 10.5 Å². The van der Waals surface area contributed by atoms with Gasteiger partial charge in [0, 0.05) is 25.6 Å². The summed E-state index contributed by atoms with van der Waals surface area (Å²) in [6.07, 6.45) is 5.20. The number of nitrogens with zero attached hydrogens (tertiary/aromatic N) is 1. The lowest BCUT2D eigenvalue weighted by molar-refractivity contribution is 0.0716. The molecule has 0 amide bonds. The van der Waals surface area contributed by atoms with E-state index in [2.05, 4.69) is 36.9 Å². The number of aryl methyl sites for hydroxylation is 1. The Labute approximate surface area is 128 Å². The summed E-state index contributed by atoms with van der Waals surface area (Å²) in [5, 5.41) is 0. The molecule has 2 aliphatic rings. The third-order valence-electron chi connectivity index (χ3n) is 5.19. The number of piperidine rings is 1. The summed E-state index contributed by atoms with van der Waals surface area (Å²) in [7, 11) is 0. The fraction of sp³-hybridized carbons (Fsp3) is 0.667. The molecule has 3 rings (SSSR count). The zero-order valence-electron chi connectivity index (χ0n) is 13.3. The number of likely N-dealkylation sites (tertiary alicyclic amines) is 1. The van der Waals surface area contributed by atoms with E-state index in [9.17, 15) is 0 Å². The van der Waals surface area contributed by atoms with Gasteiger partial charge in [0.2, 0.25) is 0 Å². The molecule has 116 valence electrons. The lowest BCUT2D eigenvalue weighted by Crippen LogP contribution is -2.50. The Morgan fingerprint density at radius 3 is 3.00 bits per heavy atom. The number of nitrogens with two attached hydrogens (primary N) is 1. The third-order valence-corrected chi connectivity index (χ3v) is 5.19. The van der Waals surface area contributed by atoms with Crippen LogP contribution in [0.4, 0.5) is 0 Å². The second kappa shape index (κ2) is 6.37. The van der Waals surface area contributed by atoms with Gasteiger partial charge in [0.15, 0.2) is 0 Å². The highest BCUT2D eigenvalue weighted by molar-refractivity contribution is 5.40. The molecule has 0 radical (unpaired) electrons. The van der Waals surface area contributed by atoms with Gasteiger partial charge in [-0.05, 0) is 43.9 Å². The van der Waals surface area contributed by atoms with Gasteiger partial charge in [-0.15, -0.1) is 0 Å². The van der Waals surface area contributed by atoms with Crippen LogP contribution in [0, 0.1) is 12.8 Å². The number of ether oxygens (including phenoxy) is 1. The van der Waals surface area contributed by atoms with Crippen LogP contribution in [-0.4, -0.2) is 36.7 Å². The van der Waals surface area contributed by atoms with Gasteiger partial charge >= 0.3 is 0 Å². The smallest absolute Gasteiger partial charge is 0.123 e. The molecule has 3 nitrogen and oxygen atoms in total. The minimum Gasteiger partial charge on any atom is -0.488 e. The molecule has 1 aromatic rings. The molecule has 0 saturated carbocycles. The van der Waals surface area contributed by atoms with Crippen molar-refractivity contribution in [2.45, 2.75) is 51.7 Å². The van der Waals surface area contributed by atoms with Crippen molar-refractivity contribution in [2.75, 3.05) is 19.6 Å². The highest BCUT2D eigenvalue weighted by Crippen LogP contribution is 2.31. The molecule has 3 atom stereocenters. The maximum absolute atomic E-state index is 6.13. The van der Waals surface area contributed by atoms with Crippen LogP contribution in [0.3, 0.4) is 0 Å². The number of hydrogen-bond acceptors (Lipinski definition) is 3. The standard InChI is InChI=1S/C18H28N2O/c1-3-14-6-7-20(16(9-14)11-19)12-17-10-15-8-13(2)4-5-18(15)21-17/h4-5,8,14,16-17H,3,6-7,9-12,19H2,1-2H3. The van der Waals surface area contributed by atoms with Crippen molar-refractivity contribution in [2.24, 2.45) is 11.7 Å². The van der Waals surface area contributed by atoms with Gasteiger partial charge in [-0.2, -0.15) is 0 Å². The normalized spacial score (nSPS) is 29.2. The monoisotopic (exact) mass is 288 g/mol. The van der Waals surface area contributed by atoms with E-state index in [4.69, 9.17) is 10.5 Å². The molecule has 0 aliphatic carbocycles. The molecule has 2 heterocycles. The van der Waals surface area contributed by atoms with Gasteiger partial charge in [-0.1, -0.05) is 31.0 Å². The van der Waals surface area contributed by atoms with E-state index in [1.807, 2.05) is 0 Å². The first-order valence-corrected chi connectivity index (χ1v) is 8.40. The zero-order chi connectivity index (χ0) is 14.8. The SMILES string of the molecule is CCC1CCN(CC2Cc3cc(C)ccc3O2)C(CN)C1. The molecule has 2 aliphatic heterocycles. The van der Waals surface area contributed by atoms with Crippen LogP contribution in [0.25, 0.3) is 0 Å². The van der Waals surface area contributed by atoms with E-state index in [0.717, 1.165) is 31.2 Å². The molecule has 3 heteroatoms. The summed E-state index contributed by atoms with van der Waals surface area (Å²) in [5.41, 5.74) is 8.70. The molecule has 1 aromatic carbocycles. The summed E-state index contributed by atoms with van der Waals surface area (Å²) < 4.78 is 6.13. The molecule has 1 fully saturated rings. The van der Waals surface area contributed by atoms with E-state index >= 15 is 0 Å². The van der Waals surface area contributed by atoms with Crippen LogP contribution in [0.1, 0.15) is 37.3 Å². The maximum atomic E-state index is 6.13. The van der Waals surface area contributed by atoms with E-state index in [1.54, 1.807) is 0 Å². The quantitative estimate of drug-likeness (QED) is 0.926. The Morgan fingerprint density at radius 1 is 1.38 bits per heavy atom. The second-order valence-electron chi connectivity index (χ2n) is 6.74. The Bertz CT molecular complexity index is 488. The summed E-state index contributed by atoms with van der Waals surface area (Å²) in [4.78, 5) is 2.57. The summed E-state index contributed by atoms with van der Waals surface area (Å²) in [6, 6.07) is 7.06. The molecule has 3 unspecified atom stereocenters. The van der Waals surface area contributed by atoms with Crippen molar-refractivity contribution < 1.29 is 4.74 Å². The first-order valence-electron chi connectivity index (χ1n) is 8.40. The zero-order valence-corrected chi connectivity index (χ0v) is 13.3. The highest BCUT2D eigenvalue weighted by Gasteiger charge is 2.31. The Morgan fingerprint density at radius 2 is 2.24 bits per heavy atom. The first kappa shape index (κ1) is 14.9. The Hall–Kier alpha value is -1.06. The largest absolute Gasteiger partial charge is 0.488 e. The van der Waals surface area contributed by atoms with Crippen LogP contribution < -0.4 is 10.5 Å². The van der Waals surface area contributed by atoms with Gasteiger partial charge in [-0.3, -0.25) is 4.90 Å². The number of benzene rings is 1. The Balaban J connectivity index is 1.60. The van der Waals surface area contributed by atoms with Crippen LogP contribution in [0.2, 0.25) is 0 Å². The molecule has 0 spiro atoms. The number of rotatable bonds is 4. The minimum atomic E-state index is 0.300. The number of fused-ring (bicyclic) bond motifs is 1. The van der Waals surface area contributed by atoms with E-state index in [1.165, 1.54) is 36.9 Å². The van der Waals surface area contributed by atoms with Crippen LogP contribution in [0.15, 0.2) is 18.2 Å². The molecular weight excluding hydrogens is 260 g/mol. The molecule has 0 bridgehead atoms. The fourth-order valence-electron chi connectivity index (χ4n) is 3.85. The van der Waals surface area contributed by atoms with Crippen molar-refractivity contribution in [3.63, 3.8) is 0 Å². The average molecular weight is 288 g/mol. The predicted octanol–water partition coefficient (Wildman–Crippen LogP) is 2.75. The van der Waals surface area contributed by atoms with E-state index < -0.39 is 0 Å². The molecule has 21 heavy (non-hydrogen) atoms. The van der Waals surface area contributed by atoms with Crippen molar-refractivity contribution in [1.29, 1.82) is 0 Å². The van der Waals surface area contributed by atoms with Gasteiger partial charge in [0.25, 0.3) is 0 Å². The molecule has 0 aromatic heterocycles.